The molecule has 1 amide bonds. The fourth-order valence-corrected chi connectivity index (χ4v) is 2.17. The predicted molar refractivity (Wildman–Crippen MR) is 86.4 cm³/mol. The first-order chi connectivity index (χ1) is 11.5. The molecule has 1 N–H and O–H groups in total. The van der Waals surface area contributed by atoms with Crippen molar-refractivity contribution >= 4 is 5.91 Å². The molecule has 0 aliphatic carbocycles. The van der Waals surface area contributed by atoms with Gasteiger partial charge in [-0.25, -0.2) is 13.8 Å². The molecule has 0 aliphatic rings. The third kappa shape index (κ3) is 5.42. The van der Waals surface area contributed by atoms with Gasteiger partial charge in [-0.05, 0) is 39.2 Å². The molecule has 1 aromatic carbocycles. The molecule has 0 radical (unpaired) electrons. The van der Waals surface area contributed by atoms with Crippen LogP contribution >= 0.6 is 0 Å². The van der Waals surface area contributed by atoms with Gasteiger partial charge in [0.15, 0.2) is 11.7 Å². The van der Waals surface area contributed by atoms with Crippen LogP contribution in [0.1, 0.15) is 18.7 Å². The Kier molecular flexibility index (Phi) is 6.43. The van der Waals surface area contributed by atoms with E-state index in [1.807, 2.05) is 14.1 Å². The van der Waals surface area contributed by atoms with Crippen molar-refractivity contribution in [2.45, 2.75) is 19.3 Å². The molecular formula is C17H21F2N3O2. The normalized spacial score (nSPS) is 11.0. The van der Waals surface area contributed by atoms with E-state index in [0.29, 0.717) is 18.9 Å². The molecule has 1 heterocycles. The molecule has 7 heteroatoms. The van der Waals surface area contributed by atoms with Crippen molar-refractivity contribution in [2.24, 2.45) is 0 Å². The van der Waals surface area contributed by atoms with Crippen LogP contribution in [-0.2, 0) is 11.2 Å². The van der Waals surface area contributed by atoms with Gasteiger partial charge >= 0.3 is 0 Å². The third-order valence-corrected chi connectivity index (χ3v) is 3.42. The van der Waals surface area contributed by atoms with Crippen LogP contribution in [0, 0.1) is 11.6 Å². The molecule has 5 nitrogen and oxygen atoms in total. The number of nitrogens with one attached hydrogen (secondary N) is 1. The molecule has 24 heavy (non-hydrogen) atoms. The first kappa shape index (κ1) is 18.1. The van der Waals surface area contributed by atoms with E-state index in [4.69, 9.17) is 4.42 Å². The first-order valence-corrected chi connectivity index (χ1v) is 7.77. The van der Waals surface area contributed by atoms with E-state index in [1.54, 1.807) is 0 Å². The predicted octanol–water partition coefficient (Wildman–Crippen LogP) is 2.62. The minimum absolute atomic E-state index is 0.0820. The number of oxazole rings is 1. The zero-order valence-corrected chi connectivity index (χ0v) is 13.8. The van der Waals surface area contributed by atoms with Crippen molar-refractivity contribution in [2.75, 3.05) is 27.2 Å². The zero-order valence-electron chi connectivity index (χ0n) is 13.8. The maximum Gasteiger partial charge on any atom is 0.220 e. The van der Waals surface area contributed by atoms with E-state index in [-0.39, 0.29) is 23.7 Å². The Balaban J connectivity index is 1.82. The summed E-state index contributed by atoms with van der Waals surface area (Å²) in [6.07, 6.45) is 2.82. The number of hydrogen-bond acceptors (Lipinski definition) is 4. The summed E-state index contributed by atoms with van der Waals surface area (Å²) < 4.78 is 32.0. The molecule has 0 aliphatic heterocycles. The van der Waals surface area contributed by atoms with Gasteiger partial charge in [0.05, 0.1) is 11.8 Å². The third-order valence-electron chi connectivity index (χ3n) is 3.42. The Bertz CT molecular complexity index is 686. The minimum Gasteiger partial charge on any atom is -0.441 e. The topological polar surface area (TPSA) is 58.4 Å². The molecule has 0 bridgehead atoms. The highest BCUT2D eigenvalue weighted by Gasteiger charge is 2.12. The number of hydrogen-bond donors (Lipinski definition) is 1. The second-order valence-electron chi connectivity index (χ2n) is 5.75. The fraction of sp³-hybridized carbons (Fsp3) is 0.412. The molecule has 1 aromatic heterocycles. The van der Waals surface area contributed by atoms with Gasteiger partial charge < -0.3 is 14.6 Å². The Morgan fingerprint density at radius 1 is 1.33 bits per heavy atom. The smallest absolute Gasteiger partial charge is 0.220 e. The van der Waals surface area contributed by atoms with E-state index < -0.39 is 11.6 Å². The minimum atomic E-state index is -0.712. The van der Waals surface area contributed by atoms with Gasteiger partial charge in [-0.1, -0.05) is 0 Å². The summed E-state index contributed by atoms with van der Waals surface area (Å²) in [6.45, 7) is 1.53. The van der Waals surface area contributed by atoms with Crippen molar-refractivity contribution in [3.8, 4) is 11.3 Å². The standard InChI is InChI=1S/C17H21F2N3O2/c1-22(2)9-3-8-20-16(23)6-7-17-21-11-15(24-17)13-5-4-12(18)10-14(13)19/h4-5,10-11H,3,6-9H2,1-2H3,(H,20,23). The van der Waals surface area contributed by atoms with Crippen LogP contribution in [0.3, 0.4) is 0 Å². The summed E-state index contributed by atoms with van der Waals surface area (Å²) in [5, 5.41) is 2.83. The fourth-order valence-electron chi connectivity index (χ4n) is 2.17. The van der Waals surface area contributed by atoms with E-state index in [0.717, 1.165) is 25.1 Å². The lowest BCUT2D eigenvalue weighted by Crippen LogP contribution is -2.27. The lowest BCUT2D eigenvalue weighted by molar-refractivity contribution is -0.121. The molecule has 0 atom stereocenters. The Morgan fingerprint density at radius 3 is 2.83 bits per heavy atom. The second kappa shape index (κ2) is 8.54. The SMILES string of the molecule is CN(C)CCCNC(=O)CCc1ncc(-c2ccc(F)cc2F)o1. The number of aryl methyl sites for hydroxylation is 1. The Morgan fingerprint density at radius 2 is 2.12 bits per heavy atom. The summed E-state index contributed by atoms with van der Waals surface area (Å²) in [4.78, 5) is 17.8. The number of amides is 1. The van der Waals surface area contributed by atoms with Crippen LogP contribution in [-0.4, -0.2) is 43.0 Å². The molecule has 2 aromatic rings. The largest absolute Gasteiger partial charge is 0.441 e. The Labute approximate surface area is 139 Å². The maximum absolute atomic E-state index is 13.7. The van der Waals surface area contributed by atoms with Crippen molar-refractivity contribution in [3.63, 3.8) is 0 Å². The van der Waals surface area contributed by atoms with Gasteiger partial charge in [0.25, 0.3) is 0 Å². The van der Waals surface area contributed by atoms with Crippen LogP contribution in [0.25, 0.3) is 11.3 Å². The number of carbonyl (C=O) groups is 1. The monoisotopic (exact) mass is 337 g/mol. The molecule has 0 spiro atoms. The molecule has 130 valence electrons. The number of benzene rings is 1. The number of halogens is 2. The molecule has 0 saturated carbocycles. The Hall–Kier alpha value is -2.28. The van der Waals surface area contributed by atoms with Gasteiger partial charge in [-0.3, -0.25) is 4.79 Å². The molecular weight excluding hydrogens is 316 g/mol. The van der Waals surface area contributed by atoms with Gasteiger partial charge in [0.2, 0.25) is 5.91 Å². The summed E-state index contributed by atoms with van der Waals surface area (Å²) in [5.74, 6) is -0.884. The van der Waals surface area contributed by atoms with Crippen LogP contribution in [0.5, 0.6) is 0 Å². The van der Waals surface area contributed by atoms with E-state index in [9.17, 15) is 13.6 Å². The highest BCUT2D eigenvalue weighted by Crippen LogP contribution is 2.24. The summed E-state index contributed by atoms with van der Waals surface area (Å²) in [6, 6.07) is 3.24. The second-order valence-corrected chi connectivity index (χ2v) is 5.75. The van der Waals surface area contributed by atoms with Crippen LogP contribution in [0.2, 0.25) is 0 Å². The molecule has 2 rings (SSSR count). The quantitative estimate of drug-likeness (QED) is 0.752. The molecule has 0 unspecified atom stereocenters. The highest BCUT2D eigenvalue weighted by molar-refractivity contribution is 5.76. The average Bonchev–Trinajstić information content (AvgIpc) is 2.98. The van der Waals surface area contributed by atoms with Crippen molar-refractivity contribution in [1.82, 2.24) is 15.2 Å². The van der Waals surface area contributed by atoms with Gasteiger partial charge in [0.1, 0.15) is 11.6 Å². The van der Waals surface area contributed by atoms with Crippen molar-refractivity contribution in [1.29, 1.82) is 0 Å². The number of rotatable bonds is 8. The average molecular weight is 337 g/mol. The van der Waals surface area contributed by atoms with Gasteiger partial charge in [-0.15, -0.1) is 0 Å². The van der Waals surface area contributed by atoms with Crippen LogP contribution in [0.15, 0.2) is 28.8 Å². The van der Waals surface area contributed by atoms with Crippen LogP contribution in [0.4, 0.5) is 8.78 Å². The number of aromatic nitrogens is 1. The maximum atomic E-state index is 13.7. The summed E-state index contributed by atoms with van der Waals surface area (Å²) >= 11 is 0. The lowest BCUT2D eigenvalue weighted by Gasteiger charge is -2.09. The number of carbonyl (C=O) groups excluding carboxylic acids is 1. The molecule has 0 saturated heterocycles. The van der Waals surface area contributed by atoms with Gasteiger partial charge in [-0.2, -0.15) is 0 Å². The summed E-state index contributed by atoms with van der Waals surface area (Å²) in [7, 11) is 3.96. The summed E-state index contributed by atoms with van der Waals surface area (Å²) in [5.41, 5.74) is 0.142. The van der Waals surface area contributed by atoms with Crippen molar-refractivity contribution < 1.29 is 18.0 Å². The number of nitrogens with zero attached hydrogens (tertiary/aromatic N) is 2. The molecule has 0 fully saturated rings. The zero-order chi connectivity index (χ0) is 17.5. The lowest BCUT2D eigenvalue weighted by atomic mass is 10.2. The van der Waals surface area contributed by atoms with Crippen LogP contribution < -0.4 is 5.32 Å². The van der Waals surface area contributed by atoms with E-state index in [1.165, 1.54) is 12.3 Å². The highest BCUT2D eigenvalue weighted by atomic mass is 19.1. The van der Waals surface area contributed by atoms with E-state index in [2.05, 4.69) is 15.2 Å². The van der Waals surface area contributed by atoms with E-state index >= 15 is 0 Å². The first-order valence-electron chi connectivity index (χ1n) is 7.77. The van der Waals surface area contributed by atoms with Gasteiger partial charge in [0, 0.05) is 25.5 Å². The van der Waals surface area contributed by atoms with Crippen molar-refractivity contribution in [3.05, 3.63) is 41.9 Å².